The van der Waals surface area contributed by atoms with Crippen LogP contribution in [0.3, 0.4) is 0 Å². The smallest absolute Gasteiger partial charge is 0.237 e. The van der Waals surface area contributed by atoms with Crippen LogP contribution in [0.2, 0.25) is 0 Å². The summed E-state index contributed by atoms with van der Waals surface area (Å²) in [7, 11) is 0. The Morgan fingerprint density at radius 2 is 2.33 bits per heavy atom. The standard InChI is InChI=1S/C11H22N2OS/c1-3-10(12)11(14)13-8-5-4-6-9(7-8)15-2/h8-10H,3-7,12H2,1-2H3,(H,13,14)/t8?,9?,10-/m1/s1. The van der Waals surface area contributed by atoms with Gasteiger partial charge in [-0.25, -0.2) is 0 Å². The molecule has 1 fully saturated rings. The Kier molecular flexibility index (Phi) is 5.47. The van der Waals surface area contributed by atoms with Gasteiger partial charge in [-0.2, -0.15) is 11.8 Å². The Morgan fingerprint density at radius 3 is 2.93 bits per heavy atom. The van der Waals surface area contributed by atoms with Crippen LogP contribution in [0, 0.1) is 0 Å². The van der Waals surface area contributed by atoms with Gasteiger partial charge in [-0.05, 0) is 31.9 Å². The molecule has 1 amide bonds. The molecule has 15 heavy (non-hydrogen) atoms. The molecule has 0 aromatic heterocycles. The zero-order chi connectivity index (χ0) is 11.3. The molecule has 0 aliphatic heterocycles. The molecule has 88 valence electrons. The molecule has 4 heteroatoms. The Hall–Kier alpha value is -0.220. The summed E-state index contributed by atoms with van der Waals surface area (Å²) in [6.45, 7) is 1.94. The molecule has 0 aromatic carbocycles. The van der Waals surface area contributed by atoms with Crippen molar-refractivity contribution in [1.82, 2.24) is 5.32 Å². The number of hydrogen-bond donors (Lipinski definition) is 2. The van der Waals surface area contributed by atoms with Crippen molar-refractivity contribution in [2.45, 2.75) is 56.4 Å². The van der Waals surface area contributed by atoms with Gasteiger partial charge in [0.05, 0.1) is 6.04 Å². The van der Waals surface area contributed by atoms with Gasteiger partial charge >= 0.3 is 0 Å². The molecule has 0 radical (unpaired) electrons. The molecule has 1 saturated carbocycles. The first-order chi connectivity index (χ1) is 7.17. The number of amides is 1. The molecule has 3 N–H and O–H groups in total. The third-order valence-corrected chi connectivity index (χ3v) is 4.18. The van der Waals surface area contributed by atoms with E-state index in [0.717, 1.165) is 12.8 Å². The highest BCUT2D eigenvalue weighted by atomic mass is 32.2. The van der Waals surface area contributed by atoms with Crippen molar-refractivity contribution in [3.05, 3.63) is 0 Å². The van der Waals surface area contributed by atoms with Crippen LogP contribution in [0.5, 0.6) is 0 Å². The van der Waals surface area contributed by atoms with Gasteiger partial charge in [-0.1, -0.05) is 13.3 Å². The molecule has 1 aliphatic carbocycles. The highest BCUT2D eigenvalue weighted by Crippen LogP contribution is 2.26. The monoisotopic (exact) mass is 230 g/mol. The SMILES string of the molecule is CC[C@@H](N)C(=O)NC1CCCC(SC)C1. The van der Waals surface area contributed by atoms with Gasteiger partial charge in [-0.3, -0.25) is 4.79 Å². The Labute approximate surface area is 96.6 Å². The molecule has 3 nitrogen and oxygen atoms in total. The maximum absolute atomic E-state index is 11.6. The Balaban J connectivity index is 2.34. The summed E-state index contributed by atoms with van der Waals surface area (Å²) in [5.41, 5.74) is 5.68. The zero-order valence-corrected chi connectivity index (χ0v) is 10.5. The molecule has 0 saturated heterocycles. The predicted molar refractivity (Wildman–Crippen MR) is 66.0 cm³/mol. The van der Waals surface area contributed by atoms with Gasteiger partial charge in [-0.15, -0.1) is 0 Å². The van der Waals surface area contributed by atoms with Crippen LogP contribution >= 0.6 is 11.8 Å². The minimum atomic E-state index is -0.334. The van der Waals surface area contributed by atoms with Crippen LogP contribution in [0.4, 0.5) is 0 Å². The minimum Gasteiger partial charge on any atom is -0.352 e. The van der Waals surface area contributed by atoms with E-state index in [-0.39, 0.29) is 11.9 Å². The second kappa shape index (κ2) is 6.38. The highest BCUT2D eigenvalue weighted by molar-refractivity contribution is 7.99. The van der Waals surface area contributed by atoms with Gasteiger partial charge in [0.1, 0.15) is 0 Å². The number of carbonyl (C=O) groups is 1. The van der Waals surface area contributed by atoms with E-state index in [1.807, 2.05) is 18.7 Å². The lowest BCUT2D eigenvalue weighted by Crippen LogP contribution is -2.46. The molecule has 0 bridgehead atoms. The van der Waals surface area contributed by atoms with Gasteiger partial charge < -0.3 is 11.1 Å². The largest absolute Gasteiger partial charge is 0.352 e. The van der Waals surface area contributed by atoms with Crippen molar-refractivity contribution in [2.24, 2.45) is 5.73 Å². The fraction of sp³-hybridized carbons (Fsp3) is 0.909. The van der Waals surface area contributed by atoms with Crippen LogP contribution in [0.1, 0.15) is 39.0 Å². The molecule has 1 rings (SSSR count). The molecular formula is C11H22N2OS. The van der Waals surface area contributed by atoms with E-state index in [1.54, 1.807) is 0 Å². The van der Waals surface area contributed by atoms with Crippen LogP contribution < -0.4 is 11.1 Å². The van der Waals surface area contributed by atoms with E-state index in [9.17, 15) is 4.79 Å². The number of carbonyl (C=O) groups excluding carboxylic acids is 1. The maximum Gasteiger partial charge on any atom is 0.237 e. The third kappa shape index (κ3) is 4.03. The quantitative estimate of drug-likeness (QED) is 0.770. The summed E-state index contributed by atoms with van der Waals surface area (Å²) in [5.74, 6) is 0.0178. The van der Waals surface area contributed by atoms with E-state index < -0.39 is 0 Å². The Morgan fingerprint density at radius 1 is 1.60 bits per heavy atom. The first kappa shape index (κ1) is 12.8. The molecule has 0 spiro atoms. The second-order valence-electron chi connectivity index (χ2n) is 4.24. The van der Waals surface area contributed by atoms with Crippen LogP contribution in [-0.4, -0.2) is 29.5 Å². The van der Waals surface area contributed by atoms with Gasteiger partial charge in [0.25, 0.3) is 0 Å². The lowest BCUT2D eigenvalue weighted by molar-refractivity contribution is -0.123. The van der Waals surface area contributed by atoms with Gasteiger partial charge in [0, 0.05) is 11.3 Å². The number of thioether (sulfide) groups is 1. The lowest BCUT2D eigenvalue weighted by Gasteiger charge is -2.29. The summed E-state index contributed by atoms with van der Waals surface area (Å²) in [6.07, 6.45) is 7.57. The fourth-order valence-corrected chi connectivity index (χ4v) is 2.81. The first-order valence-corrected chi connectivity index (χ1v) is 7.05. The van der Waals surface area contributed by atoms with Crippen molar-refractivity contribution in [3.8, 4) is 0 Å². The molecule has 2 unspecified atom stereocenters. The van der Waals surface area contributed by atoms with E-state index in [2.05, 4.69) is 11.6 Å². The molecule has 1 aliphatic rings. The van der Waals surface area contributed by atoms with E-state index in [1.165, 1.54) is 12.8 Å². The zero-order valence-electron chi connectivity index (χ0n) is 9.66. The average Bonchev–Trinajstić information content (AvgIpc) is 2.28. The number of hydrogen-bond acceptors (Lipinski definition) is 3. The molecule has 0 aromatic rings. The minimum absolute atomic E-state index is 0.0178. The molecule has 0 heterocycles. The predicted octanol–water partition coefficient (Wildman–Crippen LogP) is 1.51. The van der Waals surface area contributed by atoms with Crippen molar-refractivity contribution in [2.75, 3.05) is 6.26 Å². The Bertz CT molecular complexity index is 211. The van der Waals surface area contributed by atoms with Crippen molar-refractivity contribution < 1.29 is 4.79 Å². The summed E-state index contributed by atoms with van der Waals surface area (Å²) in [5, 5.41) is 3.77. The van der Waals surface area contributed by atoms with Crippen molar-refractivity contribution in [3.63, 3.8) is 0 Å². The number of nitrogens with one attached hydrogen (secondary N) is 1. The molecular weight excluding hydrogens is 208 g/mol. The summed E-state index contributed by atoms with van der Waals surface area (Å²) in [4.78, 5) is 11.6. The van der Waals surface area contributed by atoms with Crippen molar-refractivity contribution >= 4 is 17.7 Å². The topological polar surface area (TPSA) is 55.1 Å². The van der Waals surface area contributed by atoms with E-state index in [4.69, 9.17) is 5.73 Å². The number of nitrogens with two attached hydrogens (primary N) is 1. The number of rotatable bonds is 4. The second-order valence-corrected chi connectivity index (χ2v) is 5.38. The van der Waals surface area contributed by atoms with Crippen molar-refractivity contribution in [1.29, 1.82) is 0 Å². The first-order valence-electron chi connectivity index (χ1n) is 5.76. The van der Waals surface area contributed by atoms with Crippen LogP contribution in [0.25, 0.3) is 0 Å². The van der Waals surface area contributed by atoms with Crippen LogP contribution in [-0.2, 0) is 4.79 Å². The summed E-state index contributed by atoms with van der Waals surface area (Å²) >= 11 is 1.91. The van der Waals surface area contributed by atoms with Gasteiger partial charge in [0.2, 0.25) is 5.91 Å². The third-order valence-electron chi connectivity index (χ3n) is 3.08. The van der Waals surface area contributed by atoms with Crippen LogP contribution in [0.15, 0.2) is 0 Å². The molecule has 3 atom stereocenters. The summed E-state index contributed by atoms with van der Waals surface area (Å²) in [6, 6.07) is 0.0148. The van der Waals surface area contributed by atoms with Gasteiger partial charge in [0.15, 0.2) is 0 Å². The summed E-state index contributed by atoms with van der Waals surface area (Å²) < 4.78 is 0. The lowest BCUT2D eigenvalue weighted by atomic mass is 9.94. The average molecular weight is 230 g/mol. The maximum atomic E-state index is 11.6. The van der Waals surface area contributed by atoms with E-state index >= 15 is 0 Å². The normalized spacial score (nSPS) is 28.5. The highest BCUT2D eigenvalue weighted by Gasteiger charge is 2.23. The fourth-order valence-electron chi connectivity index (χ4n) is 1.98. The van der Waals surface area contributed by atoms with E-state index in [0.29, 0.717) is 17.7 Å².